The number of anilines is 2. The molecule has 0 radical (unpaired) electrons. The zero-order valence-corrected chi connectivity index (χ0v) is 19.2. The summed E-state index contributed by atoms with van der Waals surface area (Å²) in [5, 5.41) is 0. The number of benzene rings is 1. The molecule has 0 spiro atoms. The van der Waals surface area contributed by atoms with E-state index in [2.05, 4.69) is 4.98 Å². The largest absolute Gasteiger partial charge is 0.383 e. The summed E-state index contributed by atoms with van der Waals surface area (Å²) in [6, 6.07) is 9.48. The lowest BCUT2D eigenvalue weighted by Crippen LogP contribution is -2.42. The Hall–Kier alpha value is -3.20. The molecule has 0 saturated carbocycles. The highest BCUT2D eigenvalue weighted by atomic mass is 32.1. The van der Waals surface area contributed by atoms with Crippen molar-refractivity contribution in [1.29, 1.82) is 0 Å². The number of hydrogen-bond acceptors (Lipinski definition) is 5. The Kier molecular flexibility index (Phi) is 7.29. The molecule has 170 valence electrons. The molecule has 0 aliphatic carbocycles. The van der Waals surface area contributed by atoms with Gasteiger partial charge in [0.05, 0.1) is 4.88 Å². The van der Waals surface area contributed by atoms with Gasteiger partial charge in [-0.05, 0) is 42.2 Å². The molecule has 3 rings (SSSR count). The highest BCUT2D eigenvalue weighted by molar-refractivity contribution is 7.17. The van der Waals surface area contributed by atoms with Crippen LogP contribution < -0.4 is 21.9 Å². The molecule has 0 aliphatic heterocycles. The van der Waals surface area contributed by atoms with Crippen LogP contribution in [-0.2, 0) is 6.54 Å². The maximum absolute atomic E-state index is 13.5. The third-order valence-electron chi connectivity index (χ3n) is 4.96. The first kappa shape index (κ1) is 23.5. The van der Waals surface area contributed by atoms with Crippen molar-refractivity contribution in [2.45, 2.75) is 40.2 Å². The van der Waals surface area contributed by atoms with E-state index in [0.717, 1.165) is 16.9 Å². The Morgan fingerprint density at radius 1 is 1.19 bits per heavy atom. The molecule has 0 aliphatic rings. The van der Waals surface area contributed by atoms with Gasteiger partial charge in [0.15, 0.2) is 5.69 Å². The zero-order chi connectivity index (χ0) is 23.4. The summed E-state index contributed by atoms with van der Waals surface area (Å²) in [6.45, 7) is 6.44. The predicted molar refractivity (Wildman–Crippen MR) is 127 cm³/mol. The van der Waals surface area contributed by atoms with Gasteiger partial charge in [-0.2, -0.15) is 0 Å². The molecule has 7 nitrogen and oxygen atoms in total. The predicted octanol–water partition coefficient (Wildman–Crippen LogP) is 4.09. The van der Waals surface area contributed by atoms with Crippen LogP contribution in [0, 0.1) is 11.7 Å². The van der Waals surface area contributed by atoms with Crippen molar-refractivity contribution in [1.82, 2.24) is 9.55 Å². The number of halogens is 1. The first-order chi connectivity index (χ1) is 15.2. The van der Waals surface area contributed by atoms with E-state index in [1.54, 1.807) is 24.3 Å². The molecule has 0 unspecified atom stereocenters. The van der Waals surface area contributed by atoms with E-state index in [1.165, 1.54) is 32.9 Å². The van der Waals surface area contributed by atoms with Gasteiger partial charge in [-0.3, -0.25) is 24.0 Å². The standard InChI is InChI=1S/C23H27FN4O3S/c1-4-5-12-27-20(25)19(21(29)26-23(27)31)28(13-14(2)3)22(30)18-11-10-17(32-18)15-6-8-16(24)9-7-15/h6-11,14H,4-5,12-13,25H2,1-3H3,(H,26,29,31). The maximum Gasteiger partial charge on any atom is 0.330 e. The van der Waals surface area contributed by atoms with E-state index in [-0.39, 0.29) is 35.7 Å². The van der Waals surface area contributed by atoms with Crippen LogP contribution in [-0.4, -0.2) is 22.0 Å². The number of hydrogen-bond donors (Lipinski definition) is 2. The van der Waals surface area contributed by atoms with Gasteiger partial charge in [-0.15, -0.1) is 11.3 Å². The number of nitrogen functional groups attached to an aromatic ring is 1. The van der Waals surface area contributed by atoms with Gasteiger partial charge in [0.25, 0.3) is 11.5 Å². The minimum absolute atomic E-state index is 0.0171. The second kappa shape index (κ2) is 9.95. The summed E-state index contributed by atoms with van der Waals surface area (Å²) in [6.07, 6.45) is 1.55. The van der Waals surface area contributed by atoms with Gasteiger partial charge >= 0.3 is 5.69 Å². The number of thiophene rings is 1. The van der Waals surface area contributed by atoms with Gasteiger partial charge in [0.2, 0.25) is 0 Å². The minimum Gasteiger partial charge on any atom is -0.383 e. The molecule has 3 aromatic rings. The average Bonchev–Trinajstić information content (AvgIpc) is 3.22. The SMILES string of the molecule is CCCCn1c(N)c(N(CC(C)C)C(=O)c2ccc(-c3ccc(F)cc3)s2)c(=O)[nH]c1=O. The van der Waals surface area contributed by atoms with Crippen molar-refractivity contribution in [2.24, 2.45) is 5.92 Å². The van der Waals surface area contributed by atoms with Crippen molar-refractivity contribution in [3.8, 4) is 10.4 Å². The number of rotatable bonds is 8. The molecule has 9 heteroatoms. The van der Waals surface area contributed by atoms with E-state index in [0.29, 0.717) is 17.8 Å². The van der Waals surface area contributed by atoms with Crippen molar-refractivity contribution in [3.63, 3.8) is 0 Å². The minimum atomic E-state index is -0.690. The van der Waals surface area contributed by atoms with Crippen LogP contribution in [0.3, 0.4) is 0 Å². The second-order valence-corrected chi connectivity index (χ2v) is 9.06. The van der Waals surface area contributed by atoms with E-state index in [1.807, 2.05) is 20.8 Å². The number of unbranched alkanes of at least 4 members (excludes halogenated alkanes) is 1. The third kappa shape index (κ3) is 4.99. The van der Waals surface area contributed by atoms with Crippen molar-refractivity contribution < 1.29 is 9.18 Å². The normalized spacial score (nSPS) is 11.2. The van der Waals surface area contributed by atoms with E-state index in [9.17, 15) is 18.8 Å². The van der Waals surface area contributed by atoms with Crippen molar-refractivity contribution >= 4 is 28.7 Å². The lowest BCUT2D eigenvalue weighted by Gasteiger charge is -2.25. The van der Waals surface area contributed by atoms with Gasteiger partial charge in [0, 0.05) is 18.0 Å². The molecule has 2 aromatic heterocycles. The zero-order valence-electron chi connectivity index (χ0n) is 18.4. The fourth-order valence-corrected chi connectivity index (χ4v) is 4.33. The van der Waals surface area contributed by atoms with Crippen LogP contribution in [0.4, 0.5) is 15.9 Å². The molecular formula is C23H27FN4O3S. The summed E-state index contributed by atoms with van der Waals surface area (Å²) in [4.78, 5) is 43.3. The van der Waals surface area contributed by atoms with E-state index < -0.39 is 11.2 Å². The van der Waals surface area contributed by atoms with Crippen LogP contribution in [0.1, 0.15) is 43.3 Å². The number of H-pyrrole nitrogens is 1. The Morgan fingerprint density at radius 3 is 2.50 bits per heavy atom. The lowest BCUT2D eigenvalue weighted by atomic mass is 10.2. The molecule has 2 heterocycles. The van der Waals surface area contributed by atoms with Crippen LogP contribution in [0.5, 0.6) is 0 Å². The first-order valence-corrected chi connectivity index (χ1v) is 11.3. The highest BCUT2D eigenvalue weighted by Crippen LogP contribution is 2.30. The lowest BCUT2D eigenvalue weighted by molar-refractivity contribution is 0.0987. The number of amides is 1. The van der Waals surface area contributed by atoms with Gasteiger partial charge in [-0.1, -0.05) is 39.3 Å². The molecule has 0 fully saturated rings. The summed E-state index contributed by atoms with van der Waals surface area (Å²) in [5.74, 6) is -0.686. The van der Waals surface area contributed by atoms with Gasteiger partial charge in [-0.25, -0.2) is 9.18 Å². The number of carbonyl (C=O) groups is 1. The quantitative estimate of drug-likeness (QED) is 0.531. The molecule has 3 N–H and O–H groups in total. The summed E-state index contributed by atoms with van der Waals surface area (Å²) in [7, 11) is 0. The number of nitrogens with zero attached hydrogens (tertiary/aromatic N) is 2. The Labute approximate surface area is 189 Å². The Bertz CT molecular complexity index is 1210. The molecule has 0 bridgehead atoms. The number of aromatic amines is 1. The Balaban J connectivity index is 2.04. The number of aromatic nitrogens is 2. The number of carbonyl (C=O) groups excluding carboxylic acids is 1. The van der Waals surface area contributed by atoms with Gasteiger partial charge < -0.3 is 5.73 Å². The average molecular weight is 459 g/mol. The molecule has 0 saturated heterocycles. The van der Waals surface area contributed by atoms with E-state index >= 15 is 0 Å². The first-order valence-electron chi connectivity index (χ1n) is 10.5. The summed E-state index contributed by atoms with van der Waals surface area (Å²) >= 11 is 1.25. The summed E-state index contributed by atoms with van der Waals surface area (Å²) < 4.78 is 14.5. The molecule has 1 aromatic carbocycles. The van der Waals surface area contributed by atoms with E-state index in [4.69, 9.17) is 5.73 Å². The Morgan fingerprint density at radius 2 is 1.88 bits per heavy atom. The van der Waals surface area contributed by atoms with Crippen molar-refractivity contribution in [2.75, 3.05) is 17.2 Å². The smallest absolute Gasteiger partial charge is 0.330 e. The van der Waals surface area contributed by atoms with Crippen LogP contribution >= 0.6 is 11.3 Å². The highest BCUT2D eigenvalue weighted by Gasteiger charge is 2.27. The van der Waals surface area contributed by atoms with Crippen molar-refractivity contribution in [3.05, 3.63) is 67.9 Å². The number of nitrogens with one attached hydrogen (secondary N) is 1. The van der Waals surface area contributed by atoms with Gasteiger partial charge in [0.1, 0.15) is 11.6 Å². The topological polar surface area (TPSA) is 101 Å². The molecule has 1 amide bonds. The molecule has 32 heavy (non-hydrogen) atoms. The maximum atomic E-state index is 13.5. The molecule has 0 atom stereocenters. The van der Waals surface area contributed by atoms with Crippen LogP contribution in [0.25, 0.3) is 10.4 Å². The number of nitrogens with two attached hydrogens (primary N) is 1. The monoisotopic (exact) mass is 458 g/mol. The fraction of sp³-hybridized carbons (Fsp3) is 0.348. The third-order valence-corrected chi connectivity index (χ3v) is 6.08. The second-order valence-electron chi connectivity index (χ2n) is 7.98. The molecular weight excluding hydrogens is 431 g/mol. The van der Waals surface area contributed by atoms with Crippen LogP contribution in [0.15, 0.2) is 46.0 Å². The van der Waals surface area contributed by atoms with Crippen LogP contribution in [0.2, 0.25) is 0 Å². The summed E-state index contributed by atoms with van der Waals surface area (Å²) in [5.41, 5.74) is 5.74. The fourth-order valence-electron chi connectivity index (χ4n) is 3.37.